The number of benzene rings is 1. The van der Waals surface area contributed by atoms with Crippen molar-refractivity contribution in [1.82, 2.24) is 10.2 Å². The Morgan fingerprint density at radius 1 is 1.33 bits per heavy atom. The summed E-state index contributed by atoms with van der Waals surface area (Å²) in [6, 6.07) is 6.51. The van der Waals surface area contributed by atoms with Crippen LogP contribution in [0.3, 0.4) is 0 Å². The average molecular weight is 355 g/mol. The molecule has 6 heteroatoms. The van der Waals surface area contributed by atoms with Crippen LogP contribution in [0, 0.1) is 0 Å². The van der Waals surface area contributed by atoms with Gasteiger partial charge in [0, 0.05) is 11.0 Å². The molecule has 1 aromatic carbocycles. The lowest BCUT2D eigenvalue weighted by molar-refractivity contribution is -0.143. The zero-order valence-corrected chi connectivity index (χ0v) is 13.5. The summed E-state index contributed by atoms with van der Waals surface area (Å²) in [7, 11) is 0. The number of piperidine rings is 1. The molecule has 1 aliphatic heterocycles. The number of carbonyl (C=O) groups is 2. The van der Waals surface area contributed by atoms with Crippen LogP contribution in [0.25, 0.3) is 0 Å². The van der Waals surface area contributed by atoms with Crippen LogP contribution in [0.5, 0.6) is 0 Å². The molecule has 1 aromatic rings. The van der Waals surface area contributed by atoms with Crippen molar-refractivity contribution in [1.29, 1.82) is 0 Å². The summed E-state index contributed by atoms with van der Waals surface area (Å²) in [5.41, 5.74) is 0.982. The van der Waals surface area contributed by atoms with Gasteiger partial charge in [-0.3, -0.25) is 0 Å². The van der Waals surface area contributed by atoms with E-state index in [1.165, 1.54) is 4.90 Å². The first-order valence-corrected chi connectivity index (χ1v) is 7.83. The fraction of sp³-hybridized carbons (Fsp3) is 0.467. The number of nitrogens with one attached hydrogen (secondary N) is 1. The molecule has 2 rings (SSSR count). The maximum Gasteiger partial charge on any atom is 0.326 e. The van der Waals surface area contributed by atoms with E-state index in [0.717, 1.165) is 22.9 Å². The molecular formula is C15H19BrN2O3. The Kier molecular flexibility index (Phi) is 5.22. The minimum Gasteiger partial charge on any atom is -0.480 e. The van der Waals surface area contributed by atoms with E-state index in [1.807, 2.05) is 31.2 Å². The maximum atomic E-state index is 12.3. The molecule has 1 aliphatic rings. The van der Waals surface area contributed by atoms with E-state index in [9.17, 15) is 14.7 Å². The molecule has 1 saturated heterocycles. The second-order valence-corrected chi connectivity index (χ2v) is 6.18. The lowest BCUT2D eigenvalue weighted by Gasteiger charge is -2.33. The zero-order valence-electron chi connectivity index (χ0n) is 11.9. The molecule has 0 bridgehead atoms. The van der Waals surface area contributed by atoms with Gasteiger partial charge in [0.1, 0.15) is 6.04 Å². The second kappa shape index (κ2) is 6.93. The van der Waals surface area contributed by atoms with Crippen molar-refractivity contribution < 1.29 is 14.7 Å². The molecule has 2 amide bonds. The van der Waals surface area contributed by atoms with Crippen molar-refractivity contribution in [3.8, 4) is 0 Å². The van der Waals surface area contributed by atoms with E-state index in [4.69, 9.17) is 0 Å². The molecule has 1 heterocycles. The average Bonchev–Trinajstić information content (AvgIpc) is 2.47. The quantitative estimate of drug-likeness (QED) is 0.875. The largest absolute Gasteiger partial charge is 0.480 e. The molecule has 5 nitrogen and oxygen atoms in total. The van der Waals surface area contributed by atoms with E-state index in [0.29, 0.717) is 13.0 Å². The third kappa shape index (κ3) is 3.97. The van der Waals surface area contributed by atoms with E-state index in [2.05, 4.69) is 21.2 Å². The van der Waals surface area contributed by atoms with Gasteiger partial charge >= 0.3 is 12.0 Å². The summed E-state index contributed by atoms with van der Waals surface area (Å²) in [5.74, 6) is -0.929. The van der Waals surface area contributed by atoms with Gasteiger partial charge in [0.05, 0.1) is 6.04 Å². The van der Waals surface area contributed by atoms with Gasteiger partial charge in [0.25, 0.3) is 0 Å². The molecule has 1 fully saturated rings. The fourth-order valence-corrected chi connectivity index (χ4v) is 2.80. The fourth-order valence-electron chi connectivity index (χ4n) is 2.53. The number of nitrogens with zero attached hydrogens (tertiary/aromatic N) is 1. The van der Waals surface area contributed by atoms with Gasteiger partial charge in [-0.15, -0.1) is 0 Å². The highest BCUT2D eigenvalue weighted by Crippen LogP contribution is 2.20. The summed E-state index contributed by atoms with van der Waals surface area (Å²) in [6.07, 6.45) is 2.22. The van der Waals surface area contributed by atoms with Crippen LogP contribution < -0.4 is 5.32 Å². The van der Waals surface area contributed by atoms with Crippen molar-refractivity contribution in [3.63, 3.8) is 0 Å². The standard InChI is InChI=1S/C15H19BrN2O3/c1-10(11-5-7-12(16)8-6-11)17-15(21)18-9-3-2-4-13(18)14(19)20/h5-8,10,13H,2-4,9H2,1H3,(H,17,21)(H,19,20). The third-order valence-corrected chi connectivity index (χ3v) is 4.29. The van der Waals surface area contributed by atoms with Crippen LogP contribution in [-0.2, 0) is 4.79 Å². The Hall–Kier alpha value is -1.56. The number of carboxylic acid groups (broad SMARTS) is 1. The first-order chi connectivity index (χ1) is 9.99. The first kappa shape index (κ1) is 15.8. The molecular weight excluding hydrogens is 336 g/mol. The summed E-state index contributed by atoms with van der Waals surface area (Å²) >= 11 is 3.37. The Morgan fingerprint density at radius 3 is 2.62 bits per heavy atom. The van der Waals surface area contributed by atoms with Gasteiger partial charge in [-0.1, -0.05) is 28.1 Å². The molecule has 2 atom stereocenters. The van der Waals surface area contributed by atoms with E-state index in [1.54, 1.807) is 0 Å². The smallest absolute Gasteiger partial charge is 0.326 e. The van der Waals surface area contributed by atoms with E-state index >= 15 is 0 Å². The predicted molar refractivity (Wildman–Crippen MR) is 83.1 cm³/mol. The van der Waals surface area contributed by atoms with Crippen molar-refractivity contribution in [3.05, 3.63) is 34.3 Å². The van der Waals surface area contributed by atoms with Crippen molar-refractivity contribution in [2.45, 2.75) is 38.3 Å². The lowest BCUT2D eigenvalue weighted by atomic mass is 10.0. The summed E-state index contributed by atoms with van der Waals surface area (Å²) in [4.78, 5) is 25.0. The van der Waals surface area contributed by atoms with Crippen LogP contribution in [0.4, 0.5) is 4.79 Å². The Bertz CT molecular complexity index is 518. The zero-order chi connectivity index (χ0) is 15.4. The molecule has 0 aromatic heterocycles. The van der Waals surface area contributed by atoms with Crippen LogP contribution in [0.15, 0.2) is 28.7 Å². The number of likely N-dealkylation sites (tertiary alicyclic amines) is 1. The second-order valence-electron chi connectivity index (χ2n) is 5.27. The van der Waals surface area contributed by atoms with E-state index in [-0.39, 0.29) is 12.1 Å². The molecule has 0 radical (unpaired) electrons. The number of amides is 2. The number of carbonyl (C=O) groups excluding carboxylic acids is 1. The first-order valence-electron chi connectivity index (χ1n) is 7.04. The molecule has 21 heavy (non-hydrogen) atoms. The topological polar surface area (TPSA) is 69.6 Å². The van der Waals surface area contributed by atoms with Gasteiger partial charge in [0.15, 0.2) is 0 Å². The number of rotatable bonds is 3. The Labute approximate surface area is 132 Å². The van der Waals surface area contributed by atoms with Crippen LogP contribution >= 0.6 is 15.9 Å². The van der Waals surface area contributed by atoms with Gasteiger partial charge in [0.2, 0.25) is 0 Å². The Balaban J connectivity index is 2.02. The normalized spacial score (nSPS) is 19.9. The molecule has 0 spiro atoms. The van der Waals surface area contributed by atoms with E-state index < -0.39 is 12.0 Å². The van der Waals surface area contributed by atoms with Gasteiger partial charge < -0.3 is 15.3 Å². The lowest BCUT2D eigenvalue weighted by Crippen LogP contribution is -2.52. The highest BCUT2D eigenvalue weighted by Gasteiger charge is 2.32. The molecule has 2 N–H and O–H groups in total. The van der Waals surface area contributed by atoms with Crippen LogP contribution in [0.2, 0.25) is 0 Å². The predicted octanol–water partition coefficient (Wildman–Crippen LogP) is 3.16. The minimum absolute atomic E-state index is 0.165. The highest BCUT2D eigenvalue weighted by atomic mass is 79.9. The van der Waals surface area contributed by atoms with Gasteiger partial charge in [-0.05, 0) is 43.9 Å². The number of halogens is 1. The molecule has 2 unspecified atom stereocenters. The van der Waals surface area contributed by atoms with Gasteiger partial charge in [-0.25, -0.2) is 9.59 Å². The molecule has 0 saturated carbocycles. The Morgan fingerprint density at radius 2 is 2.00 bits per heavy atom. The van der Waals surface area contributed by atoms with Crippen molar-refractivity contribution in [2.24, 2.45) is 0 Å². The number of hydrogen-bond donors (Lipinski definition) is 2. The summed E-state index contributed by atoms with van der Waals surface area (Å²) in [6.45, 7) is 2.39. The summed E-state index contributed by atoms with van der Waals surface area (Å²) in [5, 5.41) is 12.1. The number of hydrogen-bond acceptors (Lipinski definition) is 2. The number of aliphatic carboxylic acids is 1. The molecule has 114 valence electrons. The highest BCUT2D eigenvalue weighted by molar-refractivity contribution is 9.10. The van der Waals surface area contributed by atoms with Gasteiger partial charge in [-0.2, -0.15) is 0 Å². The van der Waals surface area contributed by atoms with Crippen LogP contribution in [-0.4, -0.2) is 34.6 Å². The third-order valence-electron chi connectivity index (χ3n) is 3.76. The summed E-state index contributed by atoms with van der Waals surface area (Å²) < 4.78 is 0.978. The number of carboxylic acids is 1. The van der Waals surface area contributed by atoms with Crippen molar-refractivity contribution in [2.75, 3.05) is 6.54 Å². The minimum atomic E-state index is -0.929. The van der Waals surface area contributed by atoms with Crippen LogP contribution in [0.1, 0.15) is 37.8 Å². The van der Waals surface area contributed by atoms with Crippen molar-refractivity contribution >= 4 is 27.9 Å². The molecule has 0 aliphatic carbocycles. The monoisotopic (exact) mass is 354 g/mol. The maximum absolute atomic E-state index is 12.3. The SMILES string of the molecule is CC(NC(=O)N1CCCCC1C(=O)O)c1ccc(Br)cc1. The number of urea groups is 1.